The average Bonchev–Trinajstić information content (AvgIpc) is 3.39. The summed E-state index contributed by atoms with van der Waals surface area (Å²) in [6, 6.07) is 7.43. The summed E-state index contributed by atoms with van der Waals surface area (Å²) in [5.41, 5.74) is 1.14. The zero-order valence-corrected chi connectivity index (χ0v) is 22.1. The first-order chi connectivity index (χ1) is 18.2. The molecule has 208 valence electrons. The van der Waals surface area contributed by atoms with Gasteiger partial charge < -0.3 is 24.9 Å². The van der Waals surface area contributed by atoms with Gasteiger partial charge in [0, 0.05) is 11.1 Å². The Kier molecular flexibility index (Phi) is 12.3. The Bertz CT molecular complexity index is 1080. The molecule has 0 bridgehead atoms. The van der Waals surface area contributed by atoms with E-state index in [2.05, 4.69) is 10.6 Å². The van der Waals surface area contributed by atoms with E-state index >= 15 is 0 Å². The Morgan fingerprint density at radius 1 is 1.11 bits per heavy atom. The highest BCUT2D eigenvalue weighted by atomic mass is 16.5. The largest absolute Gasteiger partial charge is 0.494 e. The van der Waals surface area contributed by atoms with Gasteiger partial charge in [0.2, 0.25) is 12.3 Å². The maximum absolute atomic E-state index is 12.9. The second-order valence-corrected chi connectivity index (χ2v) is 8.78. The molecule has 0 aliphatic heterocycles. The first kappa shape index (κ1) is 30.4. The number of nitrogens with one attached hydrogen (secondary N) is 2. The van der Waals surface area contributed by atoms with Gasteiger partial charge in [0.15, 0.2) is 5.76 Å². The number of aliphatic carboxylic acids is 1. The van der Waals surface area contributed by atoms with Crippen LogP contribution < -0.4 is 15.4 Å². The summed E-state index contributed by atoms with van der Waals surface area (Å²) in [7, 11) is 0. The van der Waals surface area contributed by atoms with Crippen molar-refractivity contribution in [2.45, 2.75) is 65.3 Å². The molecule has 38 heavy (non-hydrogen) atoms. The molecule has 0 spiro atoms. The van der Waals surface area contributed by atoms with E-state index in [-0.39, 0.29) is 24.8 Å². The Balaban J connectivity index is 2.03. The summed E-state index contributed by atoms with van der Waals surface area (Å²) in [4.78, 5) is 47.6. The number of hydrogen-bond acceptors (Lipinski definition) is 7. The van der Waals surface area contributed by atoms with E-state index in [1.54, 1.807) is 38.1 Å². The third-order valence-corrected chi connectivity index (χ3v) is 6.12. The Hall–Kier alpha value is -3.86. The SMILES string of the molecule is CCCCCC(C(=O)NCNC(=O)c1ccc(-c2ccc(CC(=O)O)c(OCC)c2)o1)C(CC)N(O)C=O. The summed E-state index contributed by atoms with van der Waals surface area (Å²) in [6.07, 6.45) is 3.64. The van der Waals surface area contributed by atoms with Crippen LogP contribution in [0.1, 0.15) is 69.0 Å². The number of ether oxygens (including phenoxy) is 1. The van der Waals surface area contributed by atoms with E-state index in [0.717, 1.165) is 19.3 Å². The quantitative estimate of drug-likeness (QED) is 0.0792. The number of benzene rings is 1. The third-order valence-electron chi connectivity index (χ3n) is 6.12. The molecule has 0 radical (unpaired) electrons. The van der Waals surface area contributed by atoms with Crippen molar-refractivity contribution in [3.8, 4) is 17.1 Å². The highest BCUT2D eigenvalue weighted by molar-refractivity contribution is 5.92. The van der Waals surface area contributed by atoms with Gasteiger partial charge in [-0.05, 0) is 38.0 Å². The predicted molar refractivity (Wildman–Crippen MR) is 139 cm³/mol. The minimum absolute atomic E-state index is 0.0234. The van der Waals surface area contributed by atoms with Crippen molar-refractivity contribution in [2.24, 2.45) is 5.92 Å². The summed E-state index contributed by atoms with van der Waals surface area (Å²) in [5.74, 6) is -1.69. The summed E-state index contributed by atoms with van der Waals surface area (Å²) < 4.78 is 11.2. The van der Waals surface area contributed by atoms with Crippen molar-refractivity contribution in [3.63, 3.8) is 0 Å². The highest BCUT2D eigenvalue weighted by Crippen LogP contribution is 2.29. The minimum atomic E-state index is -0.974. The van der Waals surface area contributed by atoms with Gasteiger partial charge >= 0.3 is 5.97 Å². The van der Waals surface area contributed by atoms with Gasteiger partial charge in [-0.2, -0.15) is 0 Å². The lowest BCUT2D eigenvalue weighted by molar-refractivity contribution is -0.168. The maximum Gasteiger partial charge on any atom is 0.307 e. The van der Waals surface area contributed by atoms with Crippen LogP contribution >= 0.6 is 0 Å². The molecule has 11 heteroatoms. The third kappa shape index (κ3) is 8.62. The number of carboxylic acids is 1. The second-order valence-electron chi connectivity index (χ2n) is 8.78. The van der Waals surface area contributed by atoms with Crippen LogP contribution in [0.4, 0.5) is 0 Å². The van der Waals surface area contributed by atoms with E-state index in [1.165, 1.54) is 6.07 Å². The monoisotopic (exact) mass is 531 g/mol. The van der Waals surface area contributed by atoms with Crippen molar-refractivity contribution < 1.29 is 38.6 Å². The lowest BCUT2D eigenvalue weighted by Crippen LogP contribution is -2.47. The lowest BCUT2D eigenvalue weighted by Gasteiger charge is -2.29. The number of hydrogen-bond donors (Lipinski definition) is 4. The predicted octanol–water partition coefficient (Wildman–Crippen LogP) is 3.60. The molecular weight excluding hydrogens is 494 g/mol. The molecular formula is C27H37N3O8. The molecule has 0 saturated heterocycles. The Morgan fingerprint density at radius 3 is 2.50 bits per heavy atom. The lowest BCUT2D eigenvalue weighted by atomic mass is 9.90. The van der Waals surface area contributed by atoms with Crippen molar-refractivity contribution >= 4 is 24.2 Å². The fraction of sp³-hybridized carbons (Fsp3) is 0.481. The molecule has 0 fully saturated rings. The normalized spacial score (nSPS) is 12.3. The first-order valence-electron chi connectivity index (χ1n) is 12.8. The molecule has 1 aromatic carbocycles. The second kappa shape index (κ2) is 15.4. The Morgan fingerprint density at radius 2 is 1.87 bits per heavy atom. The van der Waals surface area contributed by atoms with Gasteiger partial charge in [0.1, 0.15) is 11.5 Å². The zero-order chi connectivity index (χ0) is 28.1. The van der Waals surface area contributed by atoms with Crippen LogP contribution in [0.25, 0.3) is 11.3 Å². The maximum atomic E-state index is 12.9. The van der Waals surface area contributed by atoms with E-state index in [0.29, 0.717) is 53.6 Å². The van der Waals surface area contributed by atoms with Gasteiger partial charge in [-0.25, -0.2) is 5.06 Å². The van der Waals surface area contributed by atoms with Crippen LogP contribution in [0.15, 0.2) is 34.7 Å². The molecule has 1 heterocycles. The Labute approximate surface area is 222 Å². The number of hydroxylamine groups is 2. The fourth-order valence-corrected chi connectivity index (χ4v) is 4.20. The number of unbranched alkanes of at least 4 members (excludes halogenated alkanes) is 2. The molecule has 2 aromatic rings. The molecule has 3 amide bonds. The molecule has 0 saturated carbocycles. The number of carbonyl (C=O) groups excluding carboxylic acids is 3. The van der Waals surface area contributed by atoms with Crippen LogP contribution in [-0.2, 0) is 20.8 Å². The standard InChI is InChI=1S/C27H37N3O8/c1-4-7-8-9-20(21(5-2)30(36)17-31)26(34)28-16-29-27(35)23-13-12-22(38-23)18-10-11-19(15-25(32)33)24(14-18)37-6-3/h10-14,17,20-21,36H,4-9,15-16H2,1-3H3,(H,28,34)(H,29,35)(H,32,33). The van der Waals surface area contributed by atoms with Crippen LogP contribution in [0, 0.1) is 5.92 Å². The summed E-state index contributed by atoms with van der Waals surface area (Å²) in [6.45, 7) is 5.81. The van der Waals surface area contributed by atoms with E-state index in [4.69, 9.17) is 14.3 Å². The smallest absolute Gasteiger partial charge is 0.307 e. The van der Waals surface area contributed by atoms with Gasteiger partial charge in [-0.15, -0.1) is 0 Å². The van der Waals surface area contributed by atoms with Gasteiger partial charge in [0.05, 0.1) is 31.7 Å². The topological polar surface area (TPSA) is 158 Å². The van der Waals surface area contributed by atoms with Crippen LogP contribution in [-0.4, -0.2) is 58.9 Å². The fourth-order valence-electron chi connectivity index (χ4n) is 4.20. The highest BCUT2D eigenvalue weighted by Gasteiger charge is 2.30. The summed E-state index contributed by atoms with van der Waals surface area (Å²) in [5, 5.41) is 24.8. The van der Waals surface area contributed by atoms with Gasteiger partial charge in [0.25, 0.3) is 5.91 Å². The number of amides is 3. The van der Waals surface area contributed by atoms with E-state index in [9.17, 15) is 24.4 Å². The molecule has 1 aromatic heterocycles. The number of rotatable bonds is 17. The molecule has 2 atom stereocenters. The molecule has 11 nitrogen and oxygen atoms in total. The van der Waals surface area contributed by atoms with Crippen molar-refractivity contribution in [3.05, 3.63) is 41.7 Å². The molecule has 2 rings (SSSR count). The number of carboxylic acid groups (broad SMARTS) is 1. The summed E-state index contributed by atoms with van der Waals surface area (Å²) >= 11 is 0. The van der Waals surface area contributed by atoms with E-state index < -0.39 is 23.8 Å². The molecule has 4 N–H and O–H groups in total. The number of carbonyl (C=O) groups is 4. The molecule has 2 unspecified atom stereocenters. The first-order valence-corrected chi connectivity index (χ1v) is 12.8. The van der Waals surface area contributed by atoms with E-state index in [1.807, 2.05) is 6.92 Å². The zero-order valence-electron chi connectivity index (χ0n) is 22.1. The average molecular weight is 532 g/mol. The van der Waals surface area contributed by atoms with Crippen LogP contribution in [0.2, 0.25) is 0 Å². The van der Waals surface area contributed by atoms with Crippen LogP contribution in [0.5, 0.6) is 5.75 Å². The van der Waals surface area contributed by atoms with Crippen molar-refractivity contribution in [2.75, 3.05) is 13.3 Å². The minimum Gasteiger partial charge on any atom is -0.494 e. The van der Waals surface area contributed by atoms with Gasteiger partial charge in [-0.1, -0.05) is 45.2 Å². The number of furan rings is 1. The van der Waals surface area contributed by atoms with Crippen molar-refractivity contribution in [1.82, 2.24) is 15.7 Å². The van der Waals surface area contributed by atoms with Crippen LogP contribution in [0.3, 0.4) is 0 Å². The van der Waals surface area contributed by atoms with Crippen molar-refractivity contribution in [1.29, 1.82) is 0 Å². The molecule has 0 aliphatic carbocycles. The number of nitrogens with zero attached hydrogens (tertiary/aromatic N) is 1. The van der Waals surface area contributed by atoms with Gasteiger partial charge in [-0.3, -0.25) is 24.4 Å². The molecule has 0 aliphatic rings.